The van der Waals surface area contributed by atoms with Gasteiger partial charge in [0.2, 0.25) is 5.91 Å². The molecule has 0 unspecified atom stereocenters. The topological polar surface area (TPSA) is 29.1 Å². The number of amides is 1. The second-order valence-corrected chi connectivity index (χ2v) is 7.32. The monoisotopic (exact) mass is 325 g/mol. The zero-order valence-electron chi connectivity index (χ0n) is 12.1. The quantitative estimate of drug-likeness (QED) is 0.849. The number of nitrogens with one attached hydrogen (secondary N) is 1. The third-order valence-corrected chi connectivity index (χ3v) is 5.65. The minimum atomic E-state index is 0.192. The summed E-state index contributed by atoms with van der Waals surface area (Å²) >= 11 is 12.0. The van der Waals surface area contributed by atoms with Gasteiger partial charge in [0.25, 0.3) is 0 Å². The van der Waals surface area contributed by atoms with E-state index in [9.17, 15) is 4.79 Å². The largest absolute Gasteiger partial charge is 0.356 e. The van der Waals surface area contributed by atoms with Crippen LogP contribution in [0.5, 0.6) is 0 Å². The third-order valence-electron chi connectivity index (χ3n) is 5.06. The first kappa shape index (κ1) is 15.2. The van der Waals surface area contributed by atoms with Crippen LogP contribution >= 0.6 is 23.2 Å². The standard InChI is InChI=1S/C17H21Cl2NO/c18-15-4-3-12(16(19)10-15)5-6-20-17(21)9-14-8-11-1-2-13(14)7-11/h3-4,10-11,13-14H,1-2,5-9H2,(H,20,21)/t11-,13-,14+/m1/s1. The third kappa shape index (κ3) is 3.73. The molecule has 0 radical (unpaired) electrons. The lowest BCUT2D eigenvalue weighted by Gasteiger charge is -2.20. The maximum atomic E-state index is 12.0. The highest BCUT2D eigenvalue weighted by molar-refractivity contribution is 6.35. The van der Waals surface area contributed by atoms with Crippen molar-refractivity contribution in [3.63, 3.8) is 0 Å². The Kier molecular flexibility index (Phi) is 4.75. The Morgan fingerprint density at radius 2 is 2.10 bits per heavy atom. The predicted octanol–water partition coefficient (Wildman–Crippen LogP) is 4.48. The highest BCUT2D eigenvalue weighted by Crippen LogP contribution is 2.49. The van der Waals surface area contributed by atoms with Gasteiger partial charge in [0.05, 0.1) is 0 Å². The van der Waals surface area contributed by atoms with E-state index in [0.29, 0.717) is 28.9 Å². The molecule has 3 atom stereocenters. The Balaban J connectivity index is 1.42. The lowest BCUT2D eigenvalue weighted by atomic mass is 9.86. The van der Waals surface area contributed by atoms with Gasteiger partial charge in [0.15, 0.2) is 0 Å². The molecule has 2 fully saturated rings. The molecular formula is C17H21Cl2NO. The fourth-order valence-electron chi connectivity index (χ4n) is 4.00. The van der Waals surface area contributed by atoms with Crippen molar-refractivity contribution < 1.29 is 4.79 Å². The van der Waals surface area contributed by atoms with E-state index < -0.39 is 0 Å². The van der Waals surface area contributed by atoms with E-state index in [-0.39, 0.29) is 5.91 Å². The molecule has 2 aliphatic carbocycles. The van der Waals surface area contributed by atoms with Crippen LogP contribution in [0, 0.1) is 17.8 Å². The number of halogens is 2. The second kappa shape index (κ2) is 6.58. The average Bonchev–Trinajstić information content (AvgIpc) is 3.03. The Morgan fingerprint density at radius 1 is 1.24 bits per heavy atom. The van der Waals surface area contributed by atoms with E-state index >= 15 is 0 Å². The van der Waals surface area contributed by atoms with Crippen LogP contribution in [0.1, 0.15) is 37.7 Å². The van der Waals surface area contributed by atoms with Crippen molar-refractivity contribution in [2.75, 3.05) is 6.54 Å². The summed E-state index contributed by atoms with van der Waals surface area (Å²) in [5.74, 6) is 2.53. The summed E-state index contributed by atoms with van der Waals surface area (Å²) in [6.45, 7) is 0.640. The Bertz CT molecular complexity index is 532. The smallest absolute Gasteiger partial charge is 0.220 e. The fourth-order valence-corrected chi connectivity index (χ4v) is 4.50. The maximum Gasteiger partial charge on any atom is 0.220 e. The van der Waals surface area contributed by atoms with Gasteiger partial charge < -0.3 is 5.32 Å². The summed E-state index contributed by atoms with van der Waals surface area (Å²) in [6, 6.07) is 5.50. The molecule has 21 heavy (non-hydrogen) atoms. The average molecular weight is 326 g/mol. The second-order valence-electron chi connectivity index (χ2n) is 6.47. The summed E-state index contributed by atoms with van der Waals surface area (Å²) in [5.41, 5.74) is 1.03. The number of hydrogen-bond acceptors (Lipinski definition) is 1. The molecule has 1 aromatic rings. The number of carbonyl (C=O) groups is 1. The maximum absolute atomic E-state index is 12.0. The normalized spacial score (nSPS) is 27.0. The molecule has 114 valence electrons. The van der Waals surface area contributed by atoms with Crippen molar-refractivity contribution in [3.05, 3.63) is 33.8 Å². The molecule has 2 saturated carbocycles. The summed E-state index contributed by atoms with van der Waals surface area (Å²) in [5, 5.41) is 4.34. The van der Waals surface area contributed by atoms with Gasteiger partial charge >= 0.3 is 0 Å². The minimum Gasteiger partial charge on any atom is -0.356 e. The number of rotatable bonds is 5. The molecule has 4 heteroatoms. The van der Waals surface area contributed by atoms with Crippen LogP contribution in [0.25, 0.3) is 0 Å². The molecular weight excluding hydrogens is 305 g/mol. The summed E-state index contributed by atoms with van der Waals surface area (Å²) in [4.78, 5) is 12.0. The van der Waals surface area contributed by atoms with Gasteiger partial charge in [0, 0.05) is 23.0 Å². The van der Waals surface area contributed by atoms with Crippen molar-refractivity contribution in [3.8, 4) is 0 Å². The summed E-state index contributed by atoms with van der Waals surface area (Å²) in [6.07, 6.45) is 6.80. The molecule has 0 spiro atoms. The van der Waals surface area contributed by atoms with Crippen LogP contribution in [0.2, 0.25) is 10.0 Å². The lowest BCUT2D eigenvalue weighted by Crippen LogP contribution is -2.29. The molecule has 1 amide bonds. The van der Waals surface area contributed by atoms with Crippen LogP contribution in [0.3, 0.4) is 0 Å². The van der Waals surface area contributed by atoms with Gasteiger partial charge in [-0.05, 0) is 61.1 Å². The Hall–Kier alpha value is -0.730. The van der Waals surface area contributed by atoms with Crippen LogP contribution in [0.4, 0.5) is 0 Å². The molecule has 3 rings (SSSR count). The fraction of sp³-hybridized carbons (Fsp3) is 0.588. The molecule has 0 heterocycles. The molecule has 1 aromatic carbocycles. The van der Waals surface area contributed by atoms with Crippen LogP contribution < -0.4 is 5.32 Å². The van der Waals surface area contributed by atoms with Crippen molar-refractivity contribution >= 4 is 29.1 Å². The van der Waals surface area contributed by atoms with E-state index in [4.69, 9.17) is 23.2 Å². The summed E-state index contributed by atoms with van der Waals surface area (Å²) < 4.78 is 0. The van der Waals surface area contributed by atoms with Crippen molar-refractivity contribution in [1.29, 1.82) is 0 Å². The predicted molar refractivity (Wildman–Crippen MR) is 86.7 cm³/mol. The van der Waals surface area contributed by atoms with Crippen molar-refractivity contribution in [1.82, 2.24) is 5.32 Å². The van der Waals surface area contributed by atoms with Gasteiger partial charge in [-0.3, -0.25) is 4.79 Å². The minimum absolute atomic E-state index is 0.192. The Labute approximate surface area is 136 Å². The molecule has 2 bridgehead atoms. The van der Waals surface area contributed by atoms with Crippen molar-refractivity contribution in [2.24, 2.45) is 17.8 Å². The van der Waals surface area contributed by atoms with Crippen LogP contribution in [0.15, 0.2) is 18.2 Å². The number of hydrogen-bond donors (Lipinski definition) is 1. The SMILES string of the molecule is O=C(C[C@@H]1C[C@@H]2CC[C@@H]1C2)NCCc1ccc(Cl)cc1Cl. The zero-order chi connectivity index (χ0) is 14.8. The number of carbonyl (C=O) groups excluding carboxylic acids is 1. The first-order chi connectivity index (χ1) is 10.1. The van der Waals surface area contributed by atoms with E-state index in [1.807, 2.05) is 12.1 Å². The van der Waals surface area contributed by atoms with Gasteiger partial charge in [-0.15, -0.1) is 0 Å². The number of benzene rings is 1. The number of fused-ring (bicyclic) bond motifs is 2. The molecule has 0 aliphatic heterocycles. The van der Waals surface area contributed by atoms with Gasteiger partial charge in [-0.2, -0.15) is 0 Å². The highest BCUT2D eigenvalue weighted by Gasteiger charge is 2.39. The summed E-state index contributed by atoms with van der Waals surface area (Å²) in [7, 11) is 0. The van der Waals surface area contributed by atoms with Crippen LogP contribution in [-0.4, -0.2) is 12.5 Å². The first-order valence-corrected chi connectivity index (χ1v) is 8.58. The van der Waals surface area contributed by atoms with Gasteiger partial charge in [-0.1, -0.05) is 35.7 Å². The zero-order valence-corrected chi connectivity index (χ0v) is 13.6. The van der Waals surface area contributed by atoms with E-state index in [1.54, 1.807) is 6.07 Å². The highest BCUT2D eigenvalue weighted by atomic mass is 35.5. The van der Waals surface area contributed by atoms with Crippen LogP contribution in [-0.2, 0) is 11.2 Å². The van der Waals surface area contributed by atoms with Crippen molar-refractivity contribution in [2.45, 2.75) is 38.5 Å². The molecule has 2 aliphatic rings. The first-order valence-electron chi connectivity index (χ1n) is 7.82. The van der Waals surface area contributed by atoms with Gasteiger partial charge in [-0.25, -0.2) is 0 Å². The van der Waals surface area contributed by atoms with E-state index in [0.717, 1.165) is 23.8 Å². The molecule has 1 N–H and O–H groups in total. The van der Waals surface area contributed by atoms with E-state index in [1.165, 1.54) is 25.7 Å². The Morgan fingerprint density at radius 3 is 2.76 bits per heavy atom. The molecule has 2 nitrogen and oxygen atoms in total. The van der Waals surface area contributed by atoms with Gasteiger partial charge in [0.1, 0.15) is 0 Å². The molecule has 0 saturated heterocycles. The van der Waals surface area contributed by atoms with E-state index in [2.05, 4.69) is 5.32 Å². The lowest BCUT2D eigenvalue weighted by molar-refractivity contribution is -0.122. The molecule has 0 aromatic heterocycles.